The zero-order valence-corrected chi connectivity index (χ0v) is 27.5. The minimum Gasteiger partial charge on any atom is -0.494 e. The lowest BCUT2D eigenvalue weighted by Crippen LogP contribution is -2.06. The Morgan fingerprint density at radius 2 is 0.980 bits per heavy atom. The predicted octanol–water partition coefficient (Wildman–Crippen LogP) is 7.01. The molecule has 3 aromatic rings. The Labute approximate surface area is 286 Å². The molecule has 0 spiro atoms. The molecule has 0 amide bonds. The monoisotopic (exact) mass is 668 g/mol. The molecule has 0 aliphatic rings. The average molecular weight is 669 g/mol. The highest BCUT2D eigenvalue weighted by atomic mass is 16.5. The maximum Gasteiger partial charge on any atom is 0.336 e. The molecule has 0 radical (unpaired) electrons. The molecule has 0 N–H and O–H groups in total. The van der Waals surface area contributed by atoms with Crippen LogP contribution in [0.2, 0.25) is 0 Å². The molecule has 0 aliphatic heterocycles. The van der Waals surface area contributed by atoms with Gasteiger partial charge < -0.3 is 28.4 Å². The largest absolute Gasteiger partial charge is 0.494 e. The number of carbonyl (C=O) groups is 4. The Morgan fingerprint density at radius 1 is 0.551 bits per heavy atom. The Morgan fingerprint density at radius 3 is 1.43 bits per heavy atom. The van der Waals surface area contributed by atoms with E-state index >= 15 is 0 Å². The highest BCUT2D eigenvalue weighted by molar-refractivity contribution is 5.90. The molecule has 0 heterocycles. The fourth-order valence-electron chi connectivity index (χ4n) is 4.02. The van der Waals surface area contributed by atoms with Crippen LogP contribution < -0.4 is 18.9 Å². The summed E-state index contributed by atoms with van der Waals surface area (Å²) in [5, 5.41) is 0. The minimum absolute atomic E-state index is 0.309. The van der Waals surface area contributed by atoms with Crippen LogP contribution in [0.1, 0.15) is 42.4 Å². The minimum atomic E-state index is -0.562. The maximum absolute atomic E-state index is 12.4. The Bertz CT molecular complexity index is 1620. The number of benzene rings is 3. The van der Waals surface area contributed by atoms with E-state index in [1.807, 2.05) is 24.3 Å². The number of rotatable bonds is 20. The van der Waals surface area contributed by atoms with Crippen molar-refractivity contribution in [1.29, 1.82) is 0 Å². The van der Waals surface area contributed by atoms with Crippen molar-refractivity contribution in [2.24, 2.45) is 0 Å². The summed E-state index contributed by atoms with van der Waals surface area (Å²) in [7, 11) is 0. The highest BCUT2D eigenvalue weighted by Gasteiger charge is 2.08. The summed E-state index contributed by atoms with van der Waals surface area (Å²) in [4.78, 5) is 46.8. The fourth-order valence-corrected chi connectivity index (χ4v) is 4.02. The third-order valence-corrected chi connectivity index (χ3v) is 6.60. The normalized spacial score (nSPS) is 10.7. The van der Waals surface area contributed by atoms with Crippen LogP contribution in [0.25, 0.3) is 12.2 Å². The molecule has 0 aromatic heterocycles. The van der Waals surface area contributed by atoms with E-state index in [9.17, 15) is 19.2 Å². The number of ether oxygens (including phenoxy) is 6. The first-order valence-corrected chi connectivity index (χ1v) is 15.7. The molecule has 0 saturated carbocycles. The number of carbonyl (C=O) groups excluding carboxylic acids is 4. The zero-order valence-electron chi connectivity index (χ0n) is 27.5. The second kappa shape index (κ2) is 21.1. The Kier molecular flexibility index (Phi) is 16.1. The van der Waals surface area contributed by atoms with E-state index in [0.29, 0.717) is 67.8 Å². The average Bonchev–Trinajstić information content (AvgIpc) is 3.11. The summed E-state index contributed by atoms with van der Waals surface area (Å²) in [5.41, 5.74) is 2.19. The highest BCUT2D eigenvalue weighted by Crippen LogP contribution is 2.24. The van der Waals surface area contributed by atoms with E-state index in [0.717, 1.165) is 36.1 Å². The maximum atomic E-state index is 12.4. The third kappa shape index (κ3) is 15.0. The molecule has 10 nitrogen and oxygen atoms in total. The van der Waals surface area contributed by atoms with E-state index in [1.54, 1.807) is 61.5 Å². The van der Waals surface area contributed by atoms with Crippen molar-refractivity contribution in [1.82, 2.24) is 0 Å². The number of unbranched alkanes of at least 4 members (excludes halogenated alkanes) is 2. The molecule has 0 saturated heterocycles. The molecule has 3 aromatic carbocycles. The van der Waals surface area contributed by atoms with Crippen molar-refractivity contribution in [3.63, 3.8) is 0 Å². The van der Waals surface area contributed by atoms with Crippen LogP contribution >= 0.6 is 0 Å². The molecule has 0 fully saturated rings. The van der Waals surface area contributed by atoms with Crippen molar-refractivity contribution in [2.45, 2.75) is 32.6 Å². The van der Waals surface area contributed by atoms with E-state index in [1.165, 1.54) is 12.2 Å². The van der Waals surface area contributed by atoms with Gasteiger partial charge in [0.25, 0.3) is 0 Å². The van der Waals surface area contributed by atoms with Gasteiger partial charge in [0.05, 0.1) is 26.4 Å². The molecule has 0 aliphatic carbocycles. The second-order valence-corrected chi connectivity index (χ2v) is 10.4. The predicted molar refractivity (Wildman–Crippen MR) is 185 cm³/mol. The lowest BCUT2D eigenvalue weighted by Gasteiger charge is -2.08. The molecular weight excluding hydrogens is 628 g/mol. The van der Waals surface area contributed by atoms with Gasteiger partial charge in [0.1, 0.15) is 23.0 Å². The van der Waals surface area contributed by atoms with E-state index in [2.05, 4.69) is 13.2 Å². The summed E-state index contributed by atoms with van der Waals surface area (Å²) in [6.45, 7) is 10.0. The smallest absolute Gasteiger partial charge is 0.336 e. The second-order valence-electron chi connectivity index (χ2n) is 10.4. The summed E-state index contributed by atoms with van der Waals surface area (Å²) < 4.78 is 32.1. The lowest BCUT2D eigenvalue weighted by atomic mass is 10.2. The van der Waals surface area contributed by atoms with Crippen LogP contribution in [-0.4, -0.2) is 50.3 Å². The standard InChI is InChI=1S/C39H40O10/c1-4-36(40)46-26-8-6-24-44-32-16-10-30(11-17-32)14-22-38(42)48-34-20-21-35(29(3)28-34)49-39(43)23-15-31-12-18-33(19-13-31)45-25-7-9-27-47-37(41)5-2/h4-5,10-23,28H,1-2,6-9,24-27H2,3H3/b22-14+,23-15+. The van der Waals surface area contributed by atoms with Gasteiger partial charge in [0.15, 0.2) is 0 Å². The van der Waals surface area contributed by atoms with Crippen molar-refractivity contribution in [2.75, 3.05) is 26.4 Å². The molecule has 0 bridgehead atoms. The summed E-state index contributed by atoms with van der Waals surface area (Å²) in [5.74, 6) is 0.0235. The first-order valence-electron chi connectivity index (χ1n) is 15.7. The van der Waals surface area contributed by atoms with Gasteiger partial charge in [-0.25, -0.2) is 19.2 Å². The SMILES string of the molecule is C=CC(=O)OCCCCOc1ccc(/C=C/C(=O)Oc2ccc(OC(=O)/C=C/c3ccc(OCCCCOC(=O)C=C)cc3)c(C)c2)cc1. The summed E-state index contributed by atoms with van der Waals surface area (Å²) in [6.07, 6.45) is 11.0. The van der Waals surface area contributed by atoms with Gasteiger partial charge in [-0.15, -0.1) is 0 Å². The zero-order chi connectivity index (χ0) is 35.3. The number of hydrogen-bond acceptors (Lipinski definition) is 10. The summed E-state index contributed by atoms with van der Waals surface area (Å²) in [6, 6.07) is 19.2. The van der Waals surface area contributed by atoms with Gasteiger partial charge >= 0.3 is 23.9 Å². The quantitative estimate of drug-likeness (QED) is 0.0538. The Hall–Kier alpha value is -5.90. The lowest BCUT2D eigenvalue weighted by molar-refractivity contribution is -0.138. The van der Waals surface area contributed by atoms with E-state index in [-0.39, 0.29) is 0 Å². The Balaban J connectivity index is 1.37. The molecule has 49 heavy (non-hydrogen) atoms. The van der Waals surface area contributed by atoms with Crippen molar-refractivity contribution in [3.05, 3.63) is 121 Å². The summed E-state index contributed by atoms with van der Waals surface area (Å²) >= 11 is 0. The third-order valence-electron chi connectivity index (χ3n) is 6.60. The molecule has 3 rings (SSSR count). The molecular formula is C39H40O10. The van der Waals surface area contributed by atoms with Gasteiger partial charge in [-0.3, -0.25) is 0 Å². The van der Waals surface area contributed by atoms with Crippen molar-refractivity contribution < 1.29 is 47.6 Å². The van der Waals surface area contributed by atoms with E-state index < -0.39 is 23.9 Å². The van der Waals surface area contributed by atoms with Crippen LogP contribution in [0.5, 0.6) is 23.0 Å². The van der Waals surface area contributed by atoms with Crippen LogP contribution in [0.15, 0.2) is 104 Å². The van der Waals surface area contributed by atoms with Gasteiger partial charge in [0, 0.05) is 24.3 Å². The van der Waals surface area contributed by atoms with Crippen molar-refractivity contribution in [3.8, 4) is 23.0 Å². The molecule has 256 valence electrons. The molecule has 0 atom stereocenters. The number of aryl methyl sites for hydroxylation is 1. The molecule has 0 unspecified atom stereocenters. The van der Waals surface area contributed by atoms with Crippen LogP contribution in [0.4, 0.5) is 0 Å². The van der Waals surface area contributed by atoms with Crippen LogP contribution in [-0.2, 0) is 28.7 Å². The first kappa shape index (κ1) is 37.6. The fraction of sp³-hybridized carbons (Fsp3) is 0.231. The molecule has 10 heteroatoms. The first-order chi connectivity index (χ1) is 23.7. The number of hydrogen-bond donors (Lipinski definition) is 0. The van der Waals surface area contributed by atoms with Crippen molar-refractivity contribution >= 4 is 36.0 Å². The van der Waals surface area contributed by atoms with Gasteiger partial charge in [-0.1, -0.05) is 37.4 Å². The topological polar surface area (TPSA) is 124 Å². The van der Waals surface area contributed by atoms with Gasteiger partial charge in [0.2, 0.25) is 0 Å². The van der Waals surface area contributed by atoms with Crippen LogP contribution in [0.3, 0.4) is 0 Å². The van der Waals surface area contributed by atoms with E-state index in [4.69, 9.17) is 28.4 Å². The van der Waals surface area contributed by atoms with Gasteiger partial charge in [-0.2, -0.15) is 0 Å². The van der Waals surface area contributed by atoms with Crippen LogP contribution in [0, 0.1) is 6.92 Å². The number of esters is 4. The van der Waals surface area contributed by atoms with Gasteiger partial charge in [-0.05, 0) is 104 Å².